The molecule has 1 aliphatic rings. The Labute approximate surface area is 182 Å². The zero-order valence-corrected chi connectivity index (χ0v) is 17.4. The Hall–Kier alpha value is -3.51. The van der Waals surface area contributed by atoms with Crippen molar-refractivity contribution in [1.29, 1.82) is 0 Å². The molecule has 3 aromatic rings. The fourth-order valence-corrected chi connectivity index (χ4v) is 3.73. The number of hydrogen-bond acceptors (Lipinski definition) is 4. The number of carbonyl (C=O) groups is 2. The van der Waals surface area contributed by atoms with Gasteiger partial charge in [-0.2, -0.15) is 0 Å². The lowest BCUT2D eigenvalue weighted by Gasteiger charge is -2.32. The Balaban J connectivity index is 1.23. The molecule has 31 heavy (non-hydrogen) atoms. The summed E-state index contributed by atoms with van der Waals surface area (Å²) in [5.74, 6) is 0.544. The molecular formula is C25H26N3O3+. The van der Waals surface area contributed by atoms with E-state index in [0.717, 1.165) is 32.7 Å². The normalized spacial score (nSPS) is 14.3. The smallest absolute Gasteiger partial charge is 0.260 e. The molecule has 1 amide bonds. The predicted octanol–water partition coefficient (Wildman–Crippen LogP) is 1.62. The highest BCUT2D eigenvalue weighted by Crippen LogP contribution is 2.15. The molecule has 1 saturated heterocycles. The molecule has 0 spiro atoms. The van der Waals surface area contributed by atoms with E-state index >= 15 is 0 Å². The van der Waals surface area contributed by atoms with Gasteiger partial charge in [0.05, 0.1) is 26.2 Å². The van der Waals surface area contributed by atoms with Gasteiger partial charge in [0.15, 0.2) is 12.4 Å². The van der Waals surface area contributed by atoms with E-state index in [9.17, 15) is 9.59 Å². The van der Waals surface area contributed by atoms with Crippen molar-refractivity contribution in [2.45, 2.75) is 6.54 Å². The average molecular weight is 417 g/mol. The summed E-state index contributed by atoms with van der Waals surface area (Å²) < 4.78 is 5.67. The van der Waals surface area contributed by atoms with Gasteiger partial charge in [0.25, 0.3) is 5.91 Å². The Morgan fingerprint density at radius 1 is 0.871 bits per heavy atom. The molecule has 0 radical (unpaired) electrons. The molecule has 0 aliphatic carbocycles. The van der Waals surface area contributed by atoms with E-state index in [1.807, 2.05) is 47.6 Å². The molecule has 0 saturated carbocycles. The highest BCUT2D eigenvalue weighted by molar-refractivity contribution is 6.08. The average Bonchev–Trinajstić information content (AvgIpc) is 2.84. The first-order chi connectivity index (χ1) is 15.2. The van der Waals surface area contributed by atoms with Crippen molar-refractivity contribution >= 4 is 11.7 Å². The number of quaternary nitrogens is 1. The fourth-order valence-electron chi connectivity index (χ4n) is 3.73. The van der Waals surface area contributed by atoms with Crippen LogP contribution in [0.1, 0.15) is 21.5 Å². The summed E-state index contributed by atoms with van der Waals surface area (Å²) in [5.41, 5.74) is 2.51. The van der Waals surface area contributed by atoms with Gasteiger partial charge in [-0.05, 0) is 36.4 Å². The van der Waals surface area contributed by atoms with Crippen LogP contribution in [-0.2, 0) is 11.3 Å². The Kier molecular flexibility index (Phi) is 6.69. The lowest BCUT2D eigenvalue weighted by atomic mass is 10.0. The maximum absolute atomic E-state index is 12.5. The molecule has 1 fully saturated rings. The minimum absolute atomic E-state index is 0.00562. The third kappa shape index (κ3) is 5.55. The zero-order chi connectivity index (χ0) is 21.5. The van der Waals surface area contributed by atoms with Crippen LogP contribution < -0.4 is 9.64 Å². The summed E-state index contributed by atoms with van der Waals surface area (Å²) in [6, 6.07) is 20.2. The van der Waals surface area contributed by atoms with Gasteiger partial charge >= 0.3 is 0 Å². The number of benzene rings is 2. The molecule has 0 unspecified atom stereocenters. The summed E-state index contributed by atoms with van der Waals surface area (Å²) >= 11 is 0. The van der Waals surface area contributed by atoms with E-state index in [1.54, 1.807) is 36.4 Å². The van der Waals surface area contributed by atoms with Crippen molar-refractivity contribution in [2.24, 2.45) is 0 Å². The Bertz CT molecular complexity index is 999. The standard InChI is InChI=1S/C25H25N3O3/c29-24(28-16-14-27(15-17-28)18-20-10-12-26-13-11-20)19-31-23-8-6-22(7-9-23)25(30)21-4-2-1-3-5-21/h1-13H,14-19H2/p+1. The fraction of sp³-hybridized carbons (Fsp3) is 0.240. The number of aromatic nitrogens is 1. The predicted molar refractivity (Wildman–Crippen MR) is 117 cm³/mol. The van der Waals surface area contributed by atoms with E-state index in [4.69, 9.17) is 4.74 Å². The molecular weight excluding hydrogens is 390 g/mol. The van der Waals surface area contributed by atoms with Crippen LogP contribution in [0.4, 0.5) is 0 Å². The van der Waals surface area contributed by atoms with Crippen LogP contribution in [-0.4, -0.2) is 54.4 Å². The lowest BCUT2D eigenvalue weighted by Crippen LogP contribution is -3.13. The SMILES string of the molecule is O=C(c1ccccc1)c1ccc(OCC(=O)N2CC[NH+](Cc3ccncc3)CC2)cc1. The summed E-state index contributed by atoms with van der Waals surface area (Å²) in [6.07, 6.45) is 3.63. The summed E-state index contributed by atoms with van der Waals surface area (Å²) in [5, 5.41) is 0. The van der Waals surface area contributed by atoms with Gasteiger partial charge in [-0.25, -0.2) is 0 Å². The highest BCUT2D eigenvalue weighted by Gasteiger charge is 2.24. The number of piperazine rings is 1. The number of carbonyl (C=O) groups excluding carboxylic acids is 2. The van der Waals surface area contributed by atoms with E-state index < -0.39 is 0 Å². The van der Waals surface area contributed by atoms with Gasteiger partial charge in [-0.15, -0.1) is 0 Å². The molecule has 2 aromatic carbocycles. The number of hydrogen-bond donors (Lipinski definition) is 1. The topological polar surface area (TPSA) is 63.9 Å². The summed E-state index contributed by atoms with van der Waals surface area (Å²) in [4.78, 5) is 32.4. The molecule has 0 bridgehead atoms. The Morgan fingerprint density at radius 2 is 1.52 bits per heavy atom. The number of ether oxygens (including phenoxy) is 1. The second kappa shape index (κ2) is 10.00. The highest BCUT2D eigenvalue weighted by atomic mass is 16.5. The largest absolute Gasteiger partial charge is 0.484 e. The quantitative estimate of drug-likeness (QED) is 0.595. The number of nitrogens with zero attached hydrogens (tertiary/aromatic N) is 2. The third-order valence-electron chi connectivity index (χ3n) is 5.54. The number of ketones is 1. The molecule has 1 N–H and O–H groups in total. The Morgan fingerprint density at radius 3 is 2.19 bits per heavy atom. The first-order valence-electron chi connectivity index (χ1n) is 10.5. The van der Waals surface area contributed by atoms with Crippen LogP contribution in [0.25, 0.3) is 0 Å². The summed E-state index contributed by atoms with van der Waals surface area (Å²) in [7, 11) is 0. The molecule has 2 heterocycles. The number of amides is 1. The lowest BCUT2D eigenvalue weighted by molar-refractivity contribution is -0.917. The first-order valence-corrected chi connectivity index (χ1v) is 10.5. The van der Waals surface area contributed by atoms with Crippen molar-refractivity contribution in [3.63, 3.8) is 0 Å². The monoisotopic (exact) mass is 416 g/mol. The molecule has 1 aromatic heterocycles. The van der Waals surface area contributed by atoms with Crippen LogP contribution in [0.5, 0.6) is 5.75 Å². The van der Waals surface area contributed by atoms with Crippen molar-refractivity contribution in [3.8, 4) is 5.75 Å². The van der Waals surface area contributed by atoms with Gasteiger partial charge in [0.2, 0.25) is 0 Å². The van der Waals surface area contributed by atoms with Crippen LogP contribution in [0, 0.1) is 0 Å². The van der Waals surface area contributed by atoms with E-state index in [0.29, 0.717) is 16.9 Å². The maximum atomic E-state index is 12.5. The molecule has 0 atom stereocenters. The maximum Gasteiger partial charge on any atom is 0.260 e. The van der Waals surface area contributed by atoms with Crippen LogP contribution in [0.3, 0.4) is 0 Å². The number of nitrogens with one attached hydrogen (secondary N) is 1. The molecule has 6 nitrogen and oxygen atoms in total. The van der Waals surface area contributed by atoms with Crippen molar-refractivity contribution in [1.82, 2.24) is 9.88 Å². The third-order valence-corrected chi connectivity index (χ3v) is 5.54. The molecule has 1 aliphatic heterocycles. The van der Waals surface area contributed by atoms with E-state index in [1.165, 1.54) is 10.5 Å². The minimum Gasteiger partial charge on any atom is -0.484 e. The van der Waals surface area contributed by atoms with Gasteiger partial charge in [-0.1, -0.05) is 30.3 Å². The van der Waals surface area contributed by atoms with E-state index in [-0.39, 0.29) is 18.3 Å². The first kappa shape index (κ1) is 20.8. The van der Waals surface area contributed by atoms with Gasteiger partial charge in [0, 0.05) is 29.1 Å². The molecule has 158 valence electrons. The minimum atomic E-state index is -0.0321. The van der Waals surface area contributed by atoms with Crippen LogP contribution >= 0.6 is 0 Å². The van der Waals surface area contributed by atoms with Gasteiger partial charge in [0.1, 0.15) is 12.3 Å². The van der Waals surface area contributed by atoms with Gasteiger partial charge < -0.3 is 14.5 Å². The van der Waals surface area contributed by atoms with Crippen LogP contribution in [0.15, 0.2) is 79.1 Å². The molecule has 4 rings (SSSR count). The van der Waals surface area contributed by atoms with Gasteiger partial charge in [-0.3, -0.25) is 14.6 Å². The van der Waals surface area contributed by atoms with Crippen molar-refractivity contribution in [3.05, 3.63) is 95.8 Å². The second-order valence-electron chi connectivity index (χ2n) is 7.67. The zero-order valence-electron chi connectivity index (χ0n) is 17.4. The summed E-state index contributed by atoms with van der Waals surface area (Å²) in [6.45, 7) is 4.26. The van der Waals surface area contributed by atoms with Crippen LogP contribution in [0.2, 0.25) is 0 Å². The molecule has 6 heteroatoms. The number of rotatable bonds is 7. The number of pyridine rings is 1. The second-order valence-corrected chi connectivity index (χ2v) is 7.67. The van der Waals surface area contributed by atoms with Crippen molar-refractivity contribution < 1.29 is 19.2 Å². The van der Waals surface area contributed by atoms with E-state index in [2.05, 4.69) is 4.98 Å². The van der Waals surface area contributed by atoms with Crippen molar-refractivity contribution in [2.75, 3.05) is 32.8 Å².